The molecule has 0 atom stereocenters. The summed E-state index contributed by atoms with van der Waals surface area (Å²) in [4.78, 5) is 25.0. The van der Waals surface area contributed by atoms with E-state index < -0.39 is 5.97 Å². The monoisotopic (exact) mass is 386 g/mol. The van der Waals surface area contributed by atoms with Crippen molar-refractivity contribution in [3.8, 4) is 11.5 Å². The number of nitrogens with zero attached hydrogens (tertiary/aromatic N) is 1. The highest BCUT2D eigenvalue weighted by atomic mass is 16.5. The molecule has 0 aliphatic rings. The highest BCUT2D eigenvalue weighted by Crippen LogP contribution is 2.29. The molecular formula is C20H22N2O6. The standard InChI is InChI=1S/C20H22N2O6/c1-5-27-20(24)16-10-18-15(8-12(2)28-18)22(16)11-19(23)21-14-9-13(25-3)6-7-17(14)26-4/h6-10H,5,11H2,1-4H3,(H,21,23). The molecule has 3 rings (SSSR count). The molecule has 0 aliphatic carbocycles. The van der Waals surface area contributed by atoms with Gasteiger partial charge < -0.3 is 28.5 Å². The van der Waals surface area contributed by atoms with Gasteiger partial charge in [-0.2, -0.15) is 0 Å². The van der Waals surface area contributed by atoms with Gasteiger partial charge in [-0.15, -0.1) is 0 Å². The third-order valence-corrected chi connectivity index (χ3v) is 4.18. The van der Waals surface area contributed by atoms with Gasteiger partial charge in [-0.3, -0.25) is 4.79 Å². The molecular weight excluding hydrogens is 364 g/mol. The number of aromatic nitrogens is 1. The number of hydrogen-bond donors (Lipinski definition) is 1. The van der Waals surface area contributed by atoms with Crippen molar-refractivity contribution in [2.24, 2.45) is 0 Å². The number of hydrogen-bond acceptors (Lipinski definition) is 6. The van der Waals surface area contributed by atoms with E-state index in [-0.39, 0.29) is 24.8 Å². The number of aryl methyl sites for hydroxylation is 1. The number of carbonyl (C=O) groups excluding carboxylic acids is 2. The van der Waals surface area contributed by atoms with E-state index in [0.29, 0.717) is 34.0 Å². The summed E-state index contributed by atoms with van der Waals surface area (Å²) in [6.07, 6.45) is 0. The molecule has 0 saturated heterocycles. The summed E-state index contributed by atoms with van der Waals surface area (Å²) in [5.74, 6) is 0.907. The van der Waals surface area contributed by atoms with E-state index >= 15 is 0 Å². The Morgan fingerprint density at radius 2 is 1.93 bits per heavy atom. The summed E-state index contributed by atoms with van der Waals surface area (Å²) in [5, 5.41) is 2.80. The van der Waals surface area contributed by atoms with Gasteiger partial charge in [0.15, 0.2) is 5.58 Å². The second kappa shape index (κ2) is 8.08. The third-order valence-electron chi connectivity index (χ3n) is 4.18. The molecule has 0 aliphatic heterocycles. The average molecular weight is 386 g/mol. The van der Waals surface area contributed by atoms with Crippen LogP contribution in [0.15, 0.2) is 34.7 Å². The average Bonchev–Trinajstić information content (AvgIpc) is 3.19. The Labute approximate surface area is 162 Å². The number of fused-ring (bicyclic) bond motifs is 1. The highest BCUT2D eigenvalue weighted by molar-refractivity contribution is 5.97. The summed E-state index contributed by atoms with van der Waals surface area (Å²) in [5.41, 5.74) is 1.89. The lowest BCUT2D eigenvalue weighted by atomic mass is 10.2. The minimum Gasteiger partial charge on any atom is -0.497 e. The molecule has 0 saturated carbocycles. The Morgan fingerprint density at radius 3 is 2.61 bits per heavy atom. The first-order chi connectivity index (χ1) is 13.5. The third kappa shape index (κ3) is 3.80. The maximum absolute atomic E-state index is 12.7. The molecule has 28 heavy (non-hydrogen) atoms. The summed E-state index contributed by atoms with van der Waals surface area (Å²) in [6.45, 7) is 3.66. The molecule has 8 nitrogen and oxygen atoms in total. The highest BCUT2D eigenvalue weighted by Gasteiger charge is 2.21. The van der Waals surface area contributed by atoms with Gasteiger partial charge in [-0.05, 0) is 26.0 Å². The zero-order chi connectivity index (χ0) is 20.3. The molecule has 148 valence electrons. The summed E-state index contributed by atoms with van der Waals surface area (Å²) >= 11 is 0. The van der Waals surface area contributed by atoms with Crippen molar-refractivity contribution >= 4 is 28.7 Å². The number of ether oxygens (including phenoxy) is 3. The van der Waals surface area contributed by atoms with Crippen LogP contribution in [0, 0.1) is 6.92 Å². The van der Waals surface area contributed by atoms with Crippen LogP contribution in [-0.4, -0.2) is 37.3 Å². The van der Waals surface area contributed by atoms with Crippen LogP contribution >= 0.6 is 0 Å². The van der Waals surface area contributed by atoms with Gasteiger partial charge in [-0.25, -0.2) is 4.79 Å². The number of esters is 1. The zero-order valence-electron chi connectivity index (χ0n) is 16.2. The molecule has 0 fully saturated rings. The van der Waals surface area contributed by atoms with Gasteiger partial charge in [0, 0.05) is 18.2 Å². The van der Waals surface area contributed by atoms with E-state index in [9.17, 15) is 9.59 Å². The molecule has 0 spiro atoms. The van der Waals surface area contributed by atoms with Crippen LogP contribution in [-0.2, 0) is 16.1 Å². The Bertz CT molecular complexity index is 1020. The van der Waals surface area contributed by atoms with E-state index in [1.54, 1.807) is 48.7 Å². The van der Waals surface area contributed by atoms with Gasteiger partial charge >= 0.3 is 5.97 Å². The minimum atomic E-state index is -0.515. The maximum atomic E-state index is 12.7. The molecule has 2 heterocycles. The molecule has 1 N–H and O–H groups in total. The fraction of sp³-hybridized carbons (Fsp3) is 0.300. The lowest BCUT2D eigenvalue weighted by Crippen LogP contribution is -2.22. The fourth-order valence-corrected chi connectivity index (χ4v) is 2.95. The second-order valence-corrected chi connectivity index (χ2v) is 6.06. The first kappa shape index (κ1) is 19.3. The summed E-state index contributed by atoms with van der Waals surface area (Å²) < 4.78 is 22.7. The first-order valence-corrected chi connectivity index (χ1v) is 8.75. The van der Waals surface area contributed by atoms with Crippen molar-refractivity contribution in [3.63, 3.8) is 0 Å². The zero-order valence-corrected chi connectivity index (χ0v) is 16.2. The van der Waals surface area contributed by atoms with Crippen LogP contribution in [0.3, 0.4) is 0 Å². The SMILES string of the molecule is CCOC(=O)c1cc2oc(C)cc2n1CC(=O)Nc1cc(OC)ccc1OC. The molecule has 1 aromatic carbocycles. The number of nitrogens with one attached hydrogen (secondary N) is 1. The second-order valence-electron chi connectivity index (χ2n) is 6.06. The molecule has 0 radical (unpaired) electrons. The Morgan fingerprint density at radius 1 is 1.14 bits per heavy atom. The van der Waals surface area contributed by atoms with Gasteiger partial charge in [0.2, 0.25) is 5.91 Å². The number of rotatable bonds is 7. The van der Waals surface area contributed by atoms with E-state index in [4.69, 9.17) is 18.6 Å². The number of carbonyl (C=O) groups is 2. The van der Waals surface area contributed by atoms with Crippen LogP contribution in [0.25, 0.3) is 11.1 Å². The van der Waals surface area contributed by atoms with Crippen molar-refractivity contribution in [3.05, 3.63) is 41.8 Å². The van der Waals surface area contributed by atoms with Crippen LogP contribution in [0.5, 0.6) is 11.5 Å². The smallest absolute Gasteiger partial charge is 0.355 e. The molecule has 3 aromatic rings. The Kier molecular flexibility index (Phi) is 5.58. The van der Waals surface area contributed by atoms with Crippen molar-refractivity contribution in [2.45, 2.75) is 20.4 Å². The van der Waals surface area contributed by atoms with Gasteiger partial charge in [-0.1, -0.05) is 0 Å². The quantitative estimate of drug-likeness (QED) is 0.626. The van der Waals surface area contributed by atoms with Crippen LogP contribution < -0.4 is 14.8 Å². The number of anilines is 1. The molecule has 2 aromatic heterocycles. The predicted molar refractivity (Wildman–Crippen MR) is 103 cm³/mol. The largest absolute Gasteiger partial charge is 0.497 e. The number of furan rings is 1. The minimum absolute atomic E-state index is 0.100. The molecule has 0 unspecified atom stereocenters. The van der Waals surface area contributed by atoms with Crippen molar-refractivity contribution in [1.29, 1.82) is 0 Å². The van der Waals surface area contributed by atoms with Crippen molar-refractivity contribution in [1.82, 2.24) is 4.57 Å². The van der Waals surface area contributed by atoms with Crippen LogP contribution in [0.1, 0.15) is 23.2 Å². The van der Waals surface area contributed by atoms with Gasteiger partial charge in [0.25, 0.3) is 0 Å². The van der Waals surface area contributed by atoms with E-state index in [1.807, 2.05) is 0 Å². The Hall–Kier alpha value is -3.42. The van der Waals surface area contributed by atoms with Crippen molar-refractivity contribution < 1.29 is 28.2 Å². The van der Waals surface area contributed by atoms with E-state index in [2.05, 4.69) is 5.32 Å². The number of amides is 1. The maximum Gasteiger partial charge on any atom is 0.355 e. The fourth-order valence-electron chi connectivity index (χ4n) is 2.95. The summed E-state index contributed by atoms with van der Waals surface area (Å²) in [6, 6.07) is 8.45. The predicted octanol–water partition coefficient (Wildman–Crippen LogP) is 3.38. The topological polar surface area (TPSA) is 91.9 Å². The normalized spacial score (nSPS) is 10.7. The lowest BCUT2D eigenvalue weighted by Gasteiger charge is -2.13. The summed E-state index contributed by atoms with van der Waals surface area (Å²) in [7, 11) is 3.05. The van der Waals surface area contributed by atoms with E-state index in [0.717, 1.165) is 0 Å². The van der Waals surface area contributed by atoms with Crippen LogP contribution in [0.4, 0.5) is 5.69 Å². The van der Waals surface area contributed by atoms with E-state index in [1.165, 1.54) is 14.2 Å². The first-order valence-electron chi connectivity index (χ1n) is 8.75. The Balaban J connectivity index is 1.90. The van der Waals surface area contributed by atoms with Gasteiger partial charge in [0.05, 0.1) is 32.0 Å². The molecule has 1 amide bonds. The van der Waals surface area contributed by atoms with Gasteiger partial charge in [0.1, 0.15) is 29.5 Å². The number of benzene rings is 1. The lowest BCUT2D eigenvalue weighted by molar-refractivity contribution is -0.116. The van der Waals surface area contributed by atoms with Crippen LogP contribution in [0.2, 0.25) is 0 Å². The molecule has 8 heteroatoms. The molecule has 0 bridgehead atoms. The number of methoxy groups -OCH3 is 2. The van der Waals surface area contributed by atoms with Crippen molar-refractivity contribution in [2.75, 3.05) is 26.1 Å².